The molecule has 0 atom stereocenters. The Balaban J connectivity index is 0.000000258. The van der Waals surface area contributed by atoms with E-state index >= 15 is 0 Å². The van der Waals surface area contributed by atoms with Gasteiger partial charge < -0.3 is 9.11 Å². The number of halogens is 6. The van der Waals surface area contributed by atoms with E-state index in [4.69, 9.17) is 25.9 Å². The van der Waals surface area contributed by atoms with Crippen molar-refractivity contribution >= 4 is 42.0 Å². The lowest BCUT2D eigenvalue weighted by Gasteiger charge is -2.08. The van der Waals surface area contributed by atoms with Crippen LogP contribution in [0.25, 0.3) is 21.8 Å². The van der Waals surface area contributed by atoms with Gasteiger partial charge in [-0.15, -0.1) is 0 Å². The van der Waals surface area contributed by atoms with Crippen LogP contribution in [0.1, 0.15) is 0 Å². The first-order valence-electron chi connectivity index (χ1n) is 9.97. The Bertz CT molecular complexity index is 1450. The zero-order chi connectivity index (χ0) is 29.4. The number of aromatic nitrogens is 2. The molecule has 8 nitrogen and oxygen atoms in total. The Morgan fingerprint density at radius 1 is 0.553 bits per heavy atom. The molecule has 0 fully saturated rings. The summed E-state index contributed by atoms with van der Waals surface area (Å²) in [4.78, 5) is 0. The molecule has 38 heavy (non-hydrogen) atoms. The number of aryl methyl sites for hydroxylation is 2. The summed E-state index contributed by atoms with van der Waals surface area (Å²) in [6.45, 7) is 0. The van der Waals surface area contributed by atoms with E-state index in [-0.39, 0.29) is 0 Å². The maximum atomic E-state index is 10.7. The monoisotopic (exact) mass is 586 g/mol. The third-order valence-electron chi connectivity index (χ3n) is 4.37. The Kier molecular flexibility index (Phi) is 11.1. The lowest BCUT2D eigenvalue weighted by molar-refractivity contribution is -0.645. The van der Waals surface area contributed by atoms with Crippen molar-refractivity contribution in [1.29, 1.82) is 0 Å². The summed E-state index contributed by atoms with van der Waals surface area (Å²) in [6.07, 6.45) is 4.12. The fourth-order valence-electron chi connectivity index (χ4n) is 2.61. The Morgan fingerprint density at radius 3 is 1.03 bits per heavy atom. The van der Waals surface area contributed by atoms with Gasteiger partial charge in [0.25, 0.3) is 0 Å². The Hall–Kier alpha value is -3.34. The number of hydrogen-bond donors (Lipinski definition) is 0. The third-order valence-corrected chi connectivity index (χ3v) is 5.51. The first-order chi connectivity index (χ1) is 17.3. The van der Waals surface area contributed by atoms with E-state index in [0.717, 1.165) is 0 Å². The van der Waals surface area contributed by atoms with E-state index in [1.807, 2.05) is 0 Å². The molecule has 0 bridgehead atoms. The van der Waals surface area contributed by atoms with Crippen LogP contribution in [0.15, 0.2) is 85.2 Å². The van der Waals surface area contributed by atoms with E-state index < -0.39 is 31.3 Å². The summed E-state index contributed by atoms with van der Waals surface area (Å²) in [5.41, 5.74) is -8.75. The van der Waals surface area contributed by atoms with Gasteiger partial charge in [-0.3, -0.25) is 0 Å². The summed E-state index contributed by atoms with van der Waals surface area (Å²) < 4.78 is 122. The molecule has 0 aliphatic rings. The van der Waals surface area contributed by atoms with Gasteiger partial charge in [-0.2, -0.15) is 26.3 Å². The van der Waals surface area contributed by atoms with Gasteiger partial charge in [-0.1, -0.05) is 24.3 Å². The van der Waals surface area contributed by atoms with Crippen molar-refractivity contribution in [3.63, 3.8) is 0 Å². The minimum Gasteiger partial charge on any atom is -0.741 e. The first-order valence-corrected chi connectivity index (χ1v) is 12.8. The zero-order valence-electron chi connectivity index (χ0n) is 19.5. The molecule has 0 radical (unpaired) electrons. The lowest BCUT2D eigenvalue weighted by atomic mass is 10.2. The minimum absolute atomic E-state index is 1.27. The van der Waals surface area contributed by atoms with Crippen molar-refractivity contribution in [2.75, 3.05) is 0 Å². The highest BCUT2D eigenvalue weighted by molar-refractivity contribution is 7.86. The summed E-state index contributed by atoms with van der Waals surface area (Å²) in [6, 6.07) is 25.1. The molecule has 2 aromatic carbocycles. The van der Waals surface area contributed by atoms with Crippen LogP contribution < -0.4 is 9.13 Å². The quantitative estimate of drug-likeness (QED) is 0.135. The topological polar surface area (TPSA) is 122 Å². The number of pyridine rings is 2. The highest BCUT2D eigenvalue weighted by Crippen LogP contribution is 2.21. The van der Waals surface area contributed by atoms with E-state index in [1.165, 1.54) is 21.8 Å². The van der Waals surface area contributed by atoms with Gasteiger partial charge in [-0.05, 0) is 24.3 Å². The van der Waals surface area contributed by atoms with Gasteiger partial charge in [0, 0.05) is 35.0 Å². The van der Waals surface area contributed by atoms with Crippen molar-refractivity contribution in [2.45, 2.75) is 11.0 Å². The van der Waals surface area contributed by atoms with Crippen LogP contribution in [0.2, 0.25) is 0 Å². The summed E-state index contributed by atoms with van der Waals surface area (Å²) >= 11 is 0. The van der Waals surface area contributed by atoms with Crippen LogP contribution in [-0.2, 0) is 34.3 Å². The zero-order valence-corrected chi connectivity index (χ0v) is 21.1. The molecule has 0 saturated heterocycles. The van der Waals surface area contributed by atoms with Gasteiger partial charge in [0.2, 0.25) is 11.0 Å². The SMILES string of the molecule is C[n+]1cccc2ccccc21.C[n+]1cccc2ccccc21.O=S(=O)([O-])C(F)(F)F.O=S(=O)([O-])C(F)(F)F. The van der Waals surface area contributed by atoms with Gasteiger partial charge >= 0.3 is 11.0 Å². The second-order valence-corrected chi connectivity index (χ2v) is 9.90. The second-order valence-electron chi connectivity index (χ2n) is 7.16. The smallest absolute Gasteiger partial charge is 0.485 e. The third kappa shape index (κ3) is 10.2. The Labute approximate surface area is 213 Å². The summed E-state index contributed by atoms with van der Waals surface area (Å²) in [7, 11) is -8.06. The first kappa shape index (κ1) is 32.7. The number of hydrogen-bond acceptors (Lipinski definition) is 6. The number of para-hydroxylation sites is 2. The molecule has 0 aliphatic heterocycles. The molecular formula is C22H20F6N2O6S2. The van der Waals surface area contributed by atoms with E-state index in [2.05, 4.69) is 108 Å². The number of rotatable bonds is 0. The van der Waals surface area contributed by atoms with Gasteiger partial charge in [0.15, 0.2) is 32.6 Å². The standard InChI is InChI=1S/2C10H10N.2CHF3O3S/c2*1-11-8-4-6-9-5-2-3-7-10(9)11;2*2-1(3,4)8(5,6)7/h2*2-8H,1H3;2*(H,5,6,7)/q2*+1;;/p-2. The molecule has 0 unspecified atom stereocenters. The van der Waals surface area contributed by atoms with Crippen molar-refractivity contribution in [1.82, 2.24) is 0 Å². The number of alkyl halides is 6. The molecule has 0 N–H and O–H groups in total. The van der Waals surface area contributed by atoms with E-state index in [1.54, 1.807) is 0 Å². The van der Waals surface area contributed by atoms with Crippen molar-refractivity contribution in [3.8, 4) is 0 Å². The average Bonchev–Trinajstić information content (AvgIpc) is 2.79. The highest BCUT2D eigenvalue weighted by atomic mass is 32.2. The van der Waals surface area contributed by atoms with Crippen LogP contribution in [0.3, 0.4) is 0 Å². The average molecular weight is 587 g/mol. The maximum absolute atomic E-state index is 10.7. The molecule has 0 aliphatic carbocycles. The lowest BCUT2D eigenvalue weighted by Crippen LogP contribution is -2.27. The van der Waals surface area contributed by atoms with Crippen LogP contribution in [0, 0.1) is 0 Å². The normalized spacial score (nSPS) is 11.8. The van der Waals surface area contributed by atoms with Crippen molar-refractivity contribution in [2.24, 2.45) is 14.1 Å². The number of benzene rings is 2. The number of nitrogens with zero attached hydrogens (tertiary/aromatic N) is 2. The molecule has 0 spiro atoms. The van der Waals surface area contributed by atoms with Crippen molar-refractivity contribution in [3.05, 3.63) is 85.2 Å². The minimum atomic E-state index is -6.09. The maximum Gasteiger partial charge on any atom is 0.485 e. The van der Waals surface area contributed by atoms with Crippen molar-refractivity contribution < 1.29 is 61.4 Å². The molecule has 0 amide bonds. The number of fused-ring (bicyclic) bond motifs is 2. The molecule has 2 aromatic heterocycles. The van der Waals surface area contributed by atoms with Crippen LogP contribution in [0.5, 0.6) is 0 Å². The van der Waals surface area contributed by atoms with Crippen LogP contribution in [0.4, 0.5) is 26.3 Å². The fourth-order valence-corrected chi connectivity index (χ4v) is 2.61. The van der Waals surface area contributed by atoms with Crippen LogP contribution in [-0.4, -0.2) is 37.0 Å². The van der Waals surface area contributed by atoms with Gasteiger partial charge in [0.1, 0.15) is 14.1 Å². The fraction of sp³-hybridized carbons (Fsp3) is 0.182. The molecule has 0 saturated carbocycles. The van der Waals surface area contributed by atoms with Gasteiger partial charge in [0.05, 0.1) is 0 Å². The highest BCUT2D eigenvalue weighted by Gasteiger charge is 2.37. The predicted molar refractivity (Wildman–Crippen MR) is 122 cm³/mol. The predicted octanol–water partition coefficient (Wildman–Crippen LogP) is 3.43. The molecule has 208 valence electrons. The molecular weight excluding hydrogens is 566 g/mol. The summed E-state index contributed by atoms with van der Waals surface area (Å²) in [5.74, 6) is 0. The molecule has 16 heteroatoms. The van der Waals surface area contributed by atoms with Gasteiger partial charge in [-0.25, -0.2) is 26.0 Å². The molecule has 4 rings (SSSR count). The second kappa shape index (κ2) is 12.9. The largest absolute Gasteiger partial charge is 0.741 e. The molecule has 4 aromatic rings. The molecule has 2 heterocycles. The summed E-state index contributed by atoms with van der Waals surface area (Å²) in [5, 5.41) is 2.58. The van der Waals surface area contributed by atoms with Crippen LogP contribution >= 0.6 is 0 Å². The van der Waals surface area contributed by atoms with E-state index in [0.29, 0.717) is 0 Å². The Morgan fingerprint density at radius 2 is 0.789 bits per heavy atom. The van der Waals surface area contributed by atoms with E-state index in [9.17, 15) is 26.3 Å².